The number of carbonyl (C=O) groups is 1. The fourth-order valence-corrected chi connectivity index (χ4v) is 3.74. The van der Waals surface area contributed by atoms with E-state index in [0.29, 0.717) is 11.8 Å². The van der Waals surface area contributed by atoms with Gasteiger partial charge in [-0.25, -0.2) is 4.98 Å². The third-order valence-corrected chi connectivity index (χ3v) is 5.18. The molecule has 3 rings (SSSR count). The van der Waals surface area contributed by atoms with Gasteiger partial charge in [0.25, 0.3) is 0 Å². The highest BCUT2D eigenvalue weighted by atomic mass is 16.6. The number of nitrogens with zero attached hydrogens (tertiary/aromatic N) is 1. The summed E-state index contributed by atoms with van der Waals surface area (Å²) in [6, 6.07) is 5.60. The third kappa shape index (κ3) is 3.72. The maximum absolute atomic E-state index is 12.5. The molecule has 5 nitrogen and oxygen atoms in total. The van der Waals surface area contributed by atoms with E-state index in [1.165, 1.54) is 0 Å². The Morgan fingerprint density at radius 2 is 2.33 bits per heavy atom. The van der Waals surface area contributed by atoms with Gasteiger partial charge in [-0.1, -0.05) is 39.2 Å². The number of pyridine rings is 1. The minimum absolute atomic E-state index is 0.0668. The predicted octanol–water partition coefficient (Wildman–Crippen LogP) is 3.30. The zero-order valence-corrected chi connectivity index (χ0v) is 14.7. The van der Waals surface area contributed by atoms with Gasteiger partial charge in [0.2, 0.25) is 11.6 Å². The molecule has 1 aliphatic carbocycles. The van der Waals surface area contributed by atoms with Crippen LogP contribution in [0.4, 0.5) is 0 Å². The monoisotopic (exact) mass is 332 g/mol. The van der Waals surface area contributed by atoms with Gasteiger partial charge in [-0.2, -0.15) is 0 Å². The number of carbonyl (C=O) groups excluding carboxylic acids is 1. The summed E-state index contributed by atoms with van der Waals surface area (Å²) in [6.45, 7) is 5.02. The van der Waals surface area contributed by atoms with Crippen molar-refractivity contribution in [1.82, 2.24) is 10.3 Å². The van der Waals surface area contributed by atoms with E-state index in [1.54, 1.807) is 6.20 Å². The normalized spacial score (nSPS) is 29.4. The quantitative estimate of drug-likeness (QED) is 0.585. The summed E-state index contributed by atoms with van der Waals surface area (Å²) < 4.78 is 12.0. The number of piperidine rings is 1. The first kappa shape index (κ1) is 17.2. The average Bonchev–Trinajstić information content (AvgIpc) is 3.13. The lowest BCUT2D eigenvalue weighted by atomic mass is 10.0. The molecule has 1 aromatic heterocycles. The molecule has 1 N–H and O–H groups in total. The second-order valence-electron chi connectivity index (χ2n) is 7.17. The van der Waals surface area contributed by atoms with Crippen LogP contribution in [0.2, 0.25) is 0 Å². The minimum Gasteiger partial charge on any atom is -0.469 e. The van der Waals surface area contributed by atoms with E-state index < -0.39 is 5.72 Å². The molecule has 0 radical (unpaired) electrons. The standard InChI is InChI=1S/C19H28N2O3/c1-3-4-5-8-14(2)18(22)24-19-12-15(13-21-19)11-16(19)23-17-9-6-7-10-20-17/h6-7,9-10,14-16,21H,3-5,8,11-13H2,1-2H3/t14?,15-,16-,19+/m1/s1. The second kappa shape index (κ2) is 7.51. The minimum atomic E-state index is -0.682. The van der Waals surface area contributed by atoms with Crippen molar-refractivity contribution in [3.05, 3.63) is 24.4 Å². The van der Waals surface area contributed by atoms with Crippen LogP contribution in [0.15, 0.2) is 24.4 Å². The van der Waals surface area contributed by atoms with Crippen molar-refractivity contribution in [3.63, 3.8) is 0 Å². The first-order chi connectivity index (χ1) is 11.6. The summed E-state index contributed by atoms with van der Waals surface area (Å²) in [7, 11) is 0. The smallest absolute Gasteiger partial charge is 0.310 e. The molecule has 24 heavy (non-hydrogen) atoms. The highest BCUT2D eigenvalue weighted by Crippen LogP contribution is 2.43. The molecule has 4 atom stereocenters. The summed E-state index contributed by atoms with van der Waals surface area (Å²) >= 11 is 0. The second-order valence-corrected chi connectivity index (χ2v) is 7.17. The number of hydrogen-bond acceptors (Lipinski definition) is 5. The van der Waals surface area contributed by atoms with Crippen molar-refractivity contribution in [2.45, 2.75) is 64.2 Å². The van der Waals surface area contributed by atoms with Crippen LogP contribution in [0.5, 0.6) is 5.88 Å². The molecular formula is C19H28N2O3. The Balaban J connectivity index is 1.62. The molecule has 2 fully saturated rings. The molecule has 5 heteroatoms. The summed E-state index contributed by atoms with van der Waals surface area (Å²) in [6.07, 6.45) is 7.56. The van der Waals surface area contributed by atoms with E-state index in [2.05, 4.69) is 17.2 Å². The zero-order valence-electron chi connectivity index (χ0n) is 14.7. The Morgan fingerprint density at radius 3 is 3.04 bits per heavy atom. The lowest BCUT2D eigenvalue weighted by Crippen LogP contribution is -2.56. The van der Waals surface area contributed by atoms with Gasteiger partial charge in [0.15, 0.2) is 6.10 Å². The van der Waals surface area contributed by atoms with Crippen LogP contribution < -0.4 is 10.1 Å². The third-order valence-electron chi connectivity index (χ3n) is 5.18. The van der Waals surface area contributed by atoms with Crippen molar-refractivity contribution >= 4 is 5.97 Å². The van der Waals surface area contributed by atoms with Gasteiger partial charge in [0, 0.05) is 25.2 Å². The Labute approximate surface area is 144 Å². The van der Waals surface area contributed by atoms with Crippen LogP contribution in [0.3, 0.4) is 0 Å². The van der Waals surface area contributed by atoms with Crippen LogP contribution in [0.1, 0.15) is 52.4 Å². The first-order valence-electron chi connectivity index (χ1n) is 9.18. The van der Waals surface area contributed by atoms with E-state index >= 15 is 0 Å². The van der Waals surface area contributed by atoms with Crippen LogP contribution in [0.25, 0.3) is 0 Å². The Kier molecular flexibility index (Phi) is 5.39. The van der Waals surface area contributed by atoms with Crippen molar-refractivity contribution in [2.75, 3.05) is 6.54 Å². The van der Waals surface area contributed by atoms with Crippen molar-refractivity contribution in [3.8, 4) is 5.88 Å². The zero-order chi connectivity index (χ0) is 17.0. The van der Waals surface area contributed by atoms with E-state index in [1.807, 2.05) is 25.1 Å². The molecule has 2 aliphatic rings. The van der Waals surface area contributed by atoms with Crippen molar-refractivity contribution in [1.29, 1.82) is 0 Å². The van der Waals surface area contributed by atoms with Gasteiger partial charge in [0.05, 0.1) is 5.92 Å². The maximum Gasteiger partial charge on any atom is 0.310 e. The summed E-state index contributed by atoms with van der Waals surface area (Å²) in [5, 5.41) is 3.40. The molecule has 2 heterocycles. The Bertz CT molecular complexity index is 551. The van der Waals surface area contributed by atoms with Gasteiger partial charge in [0.1, 0.15) is 0 Å². The number of ether oxygens (including phenoxy) is 2. The van der Waals surface area contributed by atoms with Gasteiger partial charge < -0.3 is 9.47 Å². The Morgan fingerprint density at radius 1 is 1.46 bits per heavy atom. The number of hydrogen-bond donors (Lipinski definition) is 1. The SMILES string of the molecule is CCCCCC(C)C(=O)O[C@]12C[C@H](CN1)C[C@H]2Oc1ccccn1. The number of nitrogens with one attached hydrogen (secondary N) is 1. The van der Waals surface area contributed by atoms with Crippen LogP contribution in [0, 0.1) is 11.8 Å². The van der Waals surface area contributed by atoms with Gasteiger partial charge in [-0.3, -0.25) is 10.1 Å². The average molecular weight is 332 g/mol. The van der Waals surface area contributed by atoms with Crippen molar-refractivity contribution in [2.24, 2.45) is 11.8 Å². The largest absolute Gasteiger partial charge is 0.469 e. The number of rotatable bonds is 8. The summed E-state index contributed by atoms with van der Waals surface area (Å²) in [5.74, 6) is 0.906. The molecule has 0 aromatic carbocycles. The summed E-state index contributed by atoms with van der Waals surface area (Å²) in [4.78, 5) is 16.8. The molecule has 1 unspecified atom stereocenters. The topological polar surface area (TPSA) is 60.5 Å². The molecule has 1 saturated carbocycles. The molecular weight excluding hydrogens is 304 g/mol. The molecule has 1 saturated heterocycles. The molecule has 0 amide bonds. The number of esters is 1. The van der Waals surface area contributed by atoms with Gasteiger partial charge in [-0.05, 0) is 24.8 Å². The van der Waals surface area contributed by atoms with Crippen LogP contribution >= 0.6 is 0 Å². The predicted molar refractivity (Wildman–Crippen MR) is 91.5 cm³/mol. The number of unbranched alkanes of at least 4 members (excludes halogenated alkanes) is 2. The fraction of sp³-hybridized carbons (Fsp3) is 0.684. The lowest BCUT2D eigenvalue weighted by Gasteiger charge is -2.35. The van der Waals surface area contributed by atoms with Crippen LogP contribution in [-0.2, 0) is 9.53 Å². The number of fused-ring (bicyclic) bond motifs is 2. The van der Waals surface area contributed by atoms with E-state index in [-0.39, 0.29) is 18.0 Å². The van der Waals surface area contributed by atoms with Gasteiger partial charge >= 0.3 is 5.97 Å². The molecule has 2 bridgehead atoms. The summed E-state index contributed by atoms with van der Waals surface area (Å²) in [5.41, 5.74) is -0.682. The first-order valence-corrected chi connectivity index (χ1v) is 9.18. The highest BCUT2D eigenvalue weighted by Gasteiger charge is 2.57. The van der Waals surface area contributed by atoms with E-state index in [0.717, 1.165) is 45.1 Å². The highest BCUT2D eigenvalue weighted by molar-refractivity contribution is 5.72. The van der Waals surface area contributed by atoms with Crippen LogP contribution in [-0.4, -0.2) is 29.3 Å². The van der Waals surface area contributed by atoms with Crippen molar-refractivity contribution < 1.29 is 14.3 Å². The molecule has 1 aromatic rings. The lowest BCUT2D eigenvalue weighted by molar-refractivity contribution is -0.176. The molecule has 132 valence electrons. The van der Waals surface area contributed by atoms with E-state index in [9.17, 15) is 4.79 Å². The molecule has 0 spiro atoms. The number of aromatic nitrogens is 1. The maximum atomic E-state index is 12.5. The van der Waals surface area contributed by atoms with Gasteiger partial charge in [-0.15, -0.1) is 0 Å². The molecule has 1 aliphatic heterocycles. The fourth-order valence-electron chi connectivity index (χ4n) is 3.74. The van der Waals surface area contributed by atoms with E-state index in [4.69, 9.17) is 9.47 Å². The Hall–Kier alpha value is -1.62.